The summed E-state index contributed by atoms with van der Waals surface area (Å²) in [5.41, 5.74) is 15.6. The summed E-state index contributed by atoms with van der Waals surface area (Å²) in [5.74, 6) is 0. The number of aryl methyl sites for hydroxylation is 9. The van der Waals surface area contributed by atoms with Crippen LogP contribution in [-0.2, 0) is 51.4 Å². The molecule has 0 aliphatic rings. The molecular formula is C84H120S8. The van der Waals surface area contributed by atoms with Gasteiger partial charge in [0.05, 0.1) is 0 Å². The van der Waals surface area contributed by atoms with E-state index in [0.717, 1.165) is 25.7 Å². The molecule has 0 amide bonds. The van der Waals surface area contributed by atoms with Gasteiger partial charge in [-0.2, -0.15) is 0 Å². The summed E-state index contributed by atoms with van der Waals surface area (Å²) < 4.78 is 6.11. The molecule has 92 heavy (non-hydrogen) atoms. The Balaban J connectivity index is 1.40. The molecule has 8 heteroatoms. The van der Waals surface area contributed by atoms with Crippen molar-refractivity contribution >= 4 is 102 Å². The number of hydrogen-bond acceptors (Lipinski definition) is 8. The number of rotatable bonds is 46. The molecule has 0 N–H and O–H groups in total. The Morgan fingerprint density at radius 2 is 0.717 bits per heavy atom. The minimum atomic E-state index is 1.14. The highest BCUT2D eigenvalue weighted by Crippen LogP contribution is 2.47. The van der Waals surface area contributed by atoms with Crippen molar-refractivity contribution in [1.82, 2.24) is 0 Å². The smallest absolute Gasteiger partial charge is 0.0481 e. The van der Waals surface area contributed by atoms with Crippen LogP contribution in [0.5, 0.6) is 0 Å². The summed E-state index contributed by atoms with van der Waals surface area (Å²) in [4.78, 5) is 15.1. The summed E-state index contributed by atoms with van der Waals surface area (Å²) in [6, 6.07) is 21.3. The Labute approximate surface area is 593 Å². The van der Waals surface area contributed by atoms with Crippen LogP contribution in [0.4, 0.5) is 0 Å². The fraction of sp³-hybridized carbons (Fsp3) is 0.595. The van der Waals surface area contributed by atoms with Gasteiger partial charge in [-0.05, 0) is 226 Å². The van der Waals surface area contributed by atoms with Gasteiger partial charge in [-0.3, -0.25) is 0 Å². The third kappa shape index (κ3) is 22.2. The predicted octanol–water partition coefficient (Wildman–Crippen LogP) is 29.2. The molecule has 8 heterocycles. The summed E-state index contributed by atoms with van der Waals surface area (Å²) in [5, 5.41) is 5.00. The van der Waals surface area contributed by atoms with E-state index in [9.17, 15) is 0 Å². The summed E-state index contributed by atoms with van der Waals surface area (Å²) in [6.07, 6.45) is 50.9. The Kier molecular flexibility index (Phi) is 33.9. The number of thiophene rings is 8. The first kappa shape index (κ1) is 75.1. The molecule has 0 radical (unpaired) electrons. The van der Waals surface area contributed by atoms with E-state index in [0.29, 0.717) is 0 Å². The molecule has 0 unspecified atom stereocenters. The third-order valence-corrected chi connectivity index (χ3v) is 29.0. The molecule has 0 atom stereocenters. The molecule has 8 rings (SSSR count). The molecule has 8 aromatic heterocycles. The van der Waals surface area contributed by atoms with Gasteiger partial charge in [0.25, 0.3) is 0 Å². The molecule has 0 bridgehead atoms. The summed E-state index contributed by atoms with van der Waals surface area (Å²) in [6.45, 7) is 23.7. The van der Waals surface area contributed by atoms with Crippen molar-refractivity contribution in [1.29, 1.82) is 0 Å². The van der Waals surface area contributed by atoms with E-state index in [1.165, 1.54) is 281 Å². The van der Waals surface area contributed by atoms with Crippen LogP contribution in [0.15, 0.2) is 59.3 Å². The Morgan fingerprint density at radius 3 is 1.20 bits per heavy atom. The second-order valence-corrected chi connectivity index (χ2v) is 35.5. The highest BCUT2D eigenvalue weighted by molar-refractivity contribution is 7.25. The van der Waals surface area contributed by atoms with Crippen molar-refractivity contribution in [2.45, 2.75) is 326 Å². The molecule has 8 aromatic rings. The zero-order chi connectivity index (χ0) is 64.9. The maximum absolute atomic E-state index is 2.77. The molecule has 504 valence electrons. The van der Waals surface area contributed by atoms with Gasteiger partial charge in [-0.15, -0.1) is 90.7 Å². The van der Waals surface area contributed by atoms with E-state index in [-0.39, 0.29) is 0 Å². The van der Waals surface area contributed by atoms with Crippen LogP contribution in [0, 0.1) is 16.0 Å². The van der Waals surface area contributed by atoms with E-state index < -0.39 is 0 Å². The summed E-state index contributed by atoms with van der Waals surface area (Å²) >= 11 is 16.8. The van der Waals surface area contributed by atoms with Crippen LogP contribution < -0.4 is 9.06 Å². The Morgan fingerprint density at radius 1 is 0.315 bits per heavy atom. The molecule has 0 spiro atoms. The van der Waals surface area contributed by atoms with Gasteiger partial charge in [-0.1, -0.05) is 209 Å². The van der Waals surface area contributed by atoms with Gasteiger partial charge < -0.3 is 0 Å². The monoisotopic (exact) mass is 1380 g/mol. The van der Waals surface area contributed by atoms with E-state index in [1.807, 2.05) is 22.7 Å². The first-order valence-electron chi connectivity index (χ1n) is 37.8. The average Bonchev–Trinajstić information content (AvgIpc) is 1.64. The minimum absolute atomic E-state index is 1.14. The maximum atomic E-state index is 2.77. The maximum Gasteiger partial charge on any atom is 0.0481 e. The molecule has 0 aromatic carbocycles. The van der Waals surface area contributed by atoms with Crippen molar-refractivity contribution in [2.24, 2.45) is 0 Å². The highest BCUT2D eigenvalue weighted by Gasteiger charge is 2.25. The van der Waals surface area contributed by atoms with Crippen molar-refractivity contribution < 1.29 is 0 Å². The first-order chi connectivity index (χ1) is 45.1. The average molecular weight is 1390 g/mol. The molecule has 0 nitrogen and oxygen atoms in total. The van der Waals surface area contributed by atoms with E-state index in [1.54, 1.807) is 73.1 Å². The van der Waals surface area contributed by atoms with Gasteiger partial charge >= 0.3 is 0 Å². The molecule has 0 saturated heterocycles. The third-order valence-electron chi connectivity index (χ3n) is 19.0. The van der Waals surface area contributed by atoms with Crippen LogP contribution in [-0.4, -0.2) is 0 Å². The lowest BCUT2D eigenvalue weighted by Crippen LogP contribution is -2.05. The molecule has 0 aliphatic heterocycles. The molecule has 0 aliphatic carbocycles. The van der Waals surface area contributed by atoms with Gasteiger partial charge in [0.1, 0.15) is 0 Å². The second kappa shape index (κ2) is 41.6. The van der Waals surface area contributed by atoms with Gasteiger partial charge in [-0.25, -0.2) is 0 Å². The number of unbranched alkanes of at least 4 members (excludes halogenated alkanes) is 24. The van der Waals surface area contributed by atoms with Crippen LogP contribution in [0.1, 0.15) is 332 Å². The highest BCUT2D eigenvalue weighted by atomic mass is 32.1. The zero-order valence-corrected chi connectivity index (χ0v) is 65.9. The predicted molar refractivity (Wildman–Crippen MR) is 426 cm³/mol. The van der Waals surface area contributed by atoms with Gasteiger partial charge in [0, 0.05) is 72.5 Å². The molecular weight excluding hydrogens is 1270 g/mol. The Bertz CT molecular complexity index is 3600. The van der Waals surface area contributed by atoms with Crippen molar-refractivity contribution in [3.8, 4) is 29.3 Å². The van der Waals surface area contributed by atoms with Crippen molar-refractivity contribution in [3.05, 3.63) is 141 Å². The van der Waals surface area contributed by atoms with E-state index >= 15 is 0 Å². The van der Waals surface area contributed by atoms with Gasteiger partial charge in [0.15, 0.2) is 0 Å². The van der Waals surface area contributed by atoms with Crippen molar-refractivity contribution in [2.75, 3.05) is 0 Å². The normalized spacial score (nSPS) is 13.0. The fourth-order valence-electron chi connectivity index (χ4n) is 13.5. The lowest BCUT2D eigenvalue weighted by atomic mass is 10.00. The molecule has 0 fully saturated rings. The molecule has 0 saturated carbocycles. The van der Waals surface area contributed by atoms with Gasteiger partial charge in [0.2, 0.25) is 0 Å². The van der Waals surface area contributed by atoms with Crippen LogP contribution in [0.2, 0.25) is 0 Å². The lowest BCUT2D eigenvalue weighted by Gasteiger charge is -2.07. The lowest BCUT2D eigenvalue weighted by molar-refractivity contribution is 0.666. The summed E-state index contributed by atoms with van der Waals surface area (Å²) in [7, 11) is 0. The van der Waals surface area contributed by atoms with Crippen LogP contribution in [0.3, 0.4) is 0 Å². The van der Waals surface area contributed by atoms with Crippen LogP contribution in [0.25, 0.3) is 40.4 Å². The fourth-order valence-corrected chi connectivity index (χ4v) is 23.6. The minimum Gasteiger partial charge on any atom is -0.143 e. The first-order valence-corrected chi connectivity index (χ1v) is 44.4. The largest absolute Gasteiger partial charge is 0.143 e. The quantitative estimate of drug-likeness (QED) is 0.0334. The van der Waals surface area contributed by atoms with E-state index in [2.05, 4.69) is 197 Å². The second-order valence-electron chi connectivity index (χ2n) is 27.2. The van der Waals surface area contributed by atoms with E-state index in [4.69, 9.17) is 0 Å². The number of hydrogen-bond donors (Lipinski definition) is 0. The van der Waals surface area contributed by atoms with Crippen LogP contribution >= 0.6 is 90.7 Å². The SMILES string of the molecule is CCCCCCc1csc(-c2sc(C(c3sc(-c4sc(C)cc4CCCCCC)cc3CCCCCC)=c3cc(CCCCCC)/c(=c4/cc(CCCCCC)c(=C(C)c5cc(CCCCCC)c(-c6cc(CCCCCC)cs6)s5)s4)s3)cc2CCCCCC)c1. The van der Waals surface area contributed by atoms with Crippen molar-refractivity contribution in [3.63, 3.8) is 0 Å². The Hall–Kier alpha value is -2.66. The zero-order valence-electron chi connectivity index (χ0n) is 59.3. The standard InChI is InChI=1S/C84H120S8/c1-11-19-27-35-43-63-52-74(85-59-63)80-67(47-39-31-23-15-5)54-71(88-80)62(10)79-66(46-38-30-22-14-4)57-77(91-79)83-69(49-41-33-25-17-7)56-73(90-83)78(72-55-68(48-40-32-24-16-6)81(89-72)75-53-64(60-86-75)44-36-28-20-12-2)84-70(50-42-34-26-18-8)58-76(92-84)82-65(51-61(9)87-82)45-37-29-21-13-3/h51-60H,11-50H2,1-10H3/b78-73?,79-62?,83-77+. The topological polar surface area (TPSA) is 0 Å².